The lowest BCUT2D eigenvalue weighted by atomic mass is 10.1. The molecule has 0 atom stereocenters. The van der Waals surface area contributed by atoms with Gasteiger partial charge in [0.25, 0.3) is 0 Å². The van der Waals surface area contributed by atoms with E-state index in [1.807, 2.05) is 30.3 Å². The van der Waals surface area contributed by atoms with Crippen LogP contribution in [0.3, 0.4) is 0 Å². The molecule has 1 aromatic heterocycles. The molecule has 0 fully saturated rings. The summed E-state index contributed by atoms with van der Waals surface area (Å²) in [5.74, 6) is 3.84. The Morgan fingerprint density at radius 1 is 1.19 bits per heavy atom. The van der Waals surface area contributed by atoms with Gasteiger partial charge in [0.1, 0.15) is 16.9 Å². The van der Waals surface area contributed by atoms with Crippen LogP contribution in [0, 0.1) is 11.6 Å². The number of aromatic nitrogens is 2. The van der Waals surface area contributed by atoms with Crippen LogP contribution in [-0.4, -0.2) is 34.8 Å². The van der Waals surface area contributed by atoms with Gasteiger partial charge in [0.05, 0.1) is 11.3 Å². The Balaban J connectivity index is 2.20. The van der Waals surface area contributed by atoms with Crippen LogP contribution in [0.25, 0.3) is 11.0 Å². The number of oxime groups is 1. The summed E-state index contributed by atoms with van der Waals surface area (Å²) in [6.45, 7) is 0. The molecule has 7 nitrogen and oxygen atoms in total. The van der Waals surface area contributed by atoms with E-state index in [1.165, 1.54) is 23.7 Å². The third-order valence-corrected chi connectivity index (χ3v) is 4.36. The molecule has 0 spiro atoms. The van der Waals surface area contributed by atoms with Gasteiger partial charge in [-0.2, -0.15) is 0 Å². The number of nitrogens with two attached hydrogens (primary N) is 2. The van der Waals surface area contributed by atoms with Crippen molar-refractivity contribution in [2.45, 2.75) is 12.8 Å². The second kappa shape index (κ2) is 7.10. The van der Waals surface area contributed by atoms with Crippen LogP contribution in [0.1, 0.15) is 17.0 Å². The molecule has 142 valence electrons. The van der Waals surface area contributed by atoms with E-state index in [4.69, 9.17) is 16.8 Å². The number of hydrogen-bond acceptors (Lipinski definition) is 5. The fourth-order valence-electron chi connectivity index (χ4n) is 3.09. The van der Waals surface area contributed by atoms with Gasteiger partial charge in [0.15, 0.2) is 17.5 Å². The van der Waals surface area contributed by atoms with E-state index in [9.17, 15) is 8.78 Å². The summed E-state index contributed by atoms with van der Waals surface area (Å²) < 4.78 is 30.4. The van der Waals surface area contributed by atoms with Crippen LogP contribution in [0.4, 0.5) is 14.5 Å². The number of hydrogen-bond donors (Lipinski definition) is 3. The lowest BCUT2D eigenvalue weighted by Gasteiger charge is -2.19. The van der Waals surface area contributed by atoms with Crippen molar-refractivity contribution in [3.8, 4) is 0 Å². The third kappa shape index (κ3) is 3.12. The highest BCUT2D eigenvalue weighted by atomic mass is 19.2. The zero-order valence-electron chi connectivity index (χ0n) is 14.9. The molecule has 0 saturated carbocycles. The average Bonchev–Trinajstić information content (AvgIpc) is 2.99. The first-order valence-corrected chi connectivity index (χ1v) is 8.23. The largest absolute Gasteiger partial charge is 0.409 e. The van der Waals surface area contributed by atoms with Crippen LogP contribution in [-0.2, 0) is 12.8 Å². The van der Waals surface area contributed by atoms with E-state index in [0.29, 0.717) is 18.7 Å². The number of imidazole rings is 1. The molecule has 2 aromatic carbocycles. The topological polar surface area (TPSA) is 106 Å². The van der Waals surface area contributed by atoms with Gasteiger partial charge < -0.3 is 21.7 Å². The zero-order chi connectivity index (χ0) is 19.7. The highest BCUT2D eigenvalue weighted by Gasteiger charge is 2.28. The maximum Gasteiger partial charge on any atom is 0.188 e. The number of aryl methyl sites for hydroxylation is 2. The number of halogens is 2. The first kappa shape index (κ1) is 18.4. The molecule has 5 N–H and O–H groups in total. The summed E-state index contributed by atoms with van der Waals surface area (Å²) in [5.41, 5.74) is 6.43. The Labute approximate surface area is 154 Å². The first-order valence-electron chi connectivity index (χ1n) is 8.23. The molecule has 0 bridgehead atoms. The number of anilines is 1. The normalized spacial score (nSPS) is 11.9. The van der Waals surface area contributed by atoms with Crippen LogP contribution in [0.2, 0.25) is 0 Å². The van der Waals surface area contributed by atoms with Gasteiger partial charge in [0.2, 0.25) is 0 Å². The highest BCUT2D eigenvalue weighted by Crippen LogP contribution is 2.33. The molecule has 0 saturated heterocycles. The van der Waals surface area contributed by atoms with Crippen LogP contribution in [0.5, 0.6) is 0 Å². The van der Waals surface area contributed by atoms with Gasteiger partial charge in [-0.05, 0) is 12.0 Å². The van der Waals surface area contributed by atoms with Gasteiger partial charge in [-0.15, -0.1) is 0 Å². The maximum absolute atomic E-state index is 14.6. The standard InChI is InChI=1S/C18H20F2N6O/c1-25(2)16-12(18(21)24-27)17-15(13(19)14(16)20)23-11(26(17)22)9-8-10-6-4-3-5-7-10/h3-7,27H,8-9,22H2,1-2H3,(H2,21,24). The van der Waals surface area contributed by atoms with Crippen molar-refractivity contribution < 1.29 is 14.0 Å². The van der Waals surface area contributed by atoms with Gasteiger partial charge >= 0.3 is 0 Å². The van der Waals surface area contributed by atoms with Gasteiger partial charge in [-0.25, -0.2) is 18.4 Å². The SMILES string of the molecule is CN(C)c1c(F)c(F)c2nc(CCc3ccccc3)n(N)c2c1C(N)=NO. The van der Waals surface area contributed by atoms with Crippen molar-refractivity contribution >= 4 is 22.6 Å². The molecule has 9 heteroatoms. The monoisotopic (exact) mass is 374 g/mol. The van der Waals surface area contributed by atoms with Crippen molar-refractivity contribution in [2.24, 2.45) is 10.9 Å². The first-order chi connectivity index (χ1) is 12.9. The Morgan fingerprint density at radius 2 is 1.85 bits per heavy atom. The van der Waals surface area contributed by atoms with Crippen molar-refractivity contribution in [1.82, 2.24) is 9.66 Å². The molecule has 3 rings (SSSR count). The smallest absolute Gasteiger partial charge is 0.188 e. The number of amidine groups is 1. The molecule has 1 heterocycles. The number of benzene rings is 2. The molecule has 0 amide bonds. The molecule has 0 aliphatic heterocycles. The molecular weight excluding hydrogens is 354 g/mol. The second-order valence-corrected chi connectivity index (χ2v) is 6.31. The minimum Gasteiger partial charge on any atom is -0.409 e. The fourth-order valence-corrected chi connectivity index (χ4v) is 3.09. The average molecular weight is 374 g/mol. The quantitative estimate of drug-likeness (QED) is 0.208. The predicted molar refractivity (Wildman–Crippen MR) is 100 cm³/mol. The van der Waals surface area contributed by atoms with Crippen LogP contribution < -0.4 is 16.5 Å². The van der Waals surface area contributed by atoms with E-state index in [0.717, 1.165) is 5.56 Å². The fraction of sp³-hybridized carbons (Fsp3) is 0.222. The summed E-state index contributed by atoms with van der Waals surface area (Å²) in [6, 6.07) is 9.64. The van der Waals surface area contributed by atoms with E-state index in [2.05, 4.69) is 10.1 Å². The Morgan fingerprint density at radius 3 is 2.44 bits per heavy atom. The summed E-state index contributed by atoms with van der Waals surface area (Å²) in [5, 5.41) is 12.1. The van der Waals surface area contributed by atoms with Crippen LogP contribution >= 0.6 is 0 Å². The molecule has 0 aliphatic carbocycles. The molecular formula is C18H20F2N6O. The number of nitrogens with zero attached hydrogens (tertiary/aromatic N) is 4. The summed E-state index contributed by atoms with van der Waals surface area (Å²) in [6.07, 6.45) is 1.02. The number of rotatable bonds is 5. The lowest BCUT2D eigenvalue weighted by molar-refractivity contribution is 0.318. The maximum atomic E-state index is 14.6. The number of nitrogen functional groups attached to an aromatic ring is 1. The lowest BCUT2D eigenvalue weighted by Crippen LogP contribution is -2.24. The molecule has 27 heavy (non-hydrogen) atoms. The molecule has 0 unspecified atom stereocenters. The van der Waals surface area contributed by atoms with E-state index >= 15 is 0 Å². The van der Waals surface area contributed by atoms with Crippen molar-refractivity contribution in [3.63, 3.8) is 0 Å². The van der Waals surface area contributed by atoms with Crippen molar-refractivity contribution in [1.29, 1.82) is 0 Å². The van der Waals surface area contributed by atoms with Gasteiger partial charge in [-0.1, -0.05) is 35.5 Å². The zero-order valence-corrected chi connectivity index (χ0v) is 14.9. The Hall–Kier alpha value is -3.36. The summed E-state index contributed by atoms with van der Waals surface area (Å²) in [4.78, 5) is 5.51. The van der Waals surface area contributed by atoms with Crippen LogP contribution in [0.15, 0.2) is 35.5 Å². The third-order valence-electron chi connectivity index (χ3n) is 4.36. The summed E-state index contributed by atoms with van der Waals surface area (Å²) >= 11 is 0. The van der Waals surface area contributed by atoms with Gasteiger partial charge in [0, 0.05) is 20.5 Å². The van der Waals surface area contributed by atoms with E-state index in [1.54, 1.807) is 0 Å². The second-order valence-electron chi connectivity index (χ2n) is 6.31. The van der Waals surface area contributed by atoms with E-state index < -0.39 is 11.6 Å². The molecule has 0 aliphatic rings. The molecule has 0 radical (unpaired) electrons. The minimum absolute atomic E-state index is 0.0163. The van der Waals surface area contributed by atoms with Gasteiger partial charge in [-0.3, -0.25) is 0 Å². The minimum atomic E-state index is -1.14. The van der Waals surface area contributed by atoms with E-state index in [-0.39, 0.29) is 28.1 Å². The van der Waals surface area contributed by atoms with Crippen molar-refractivity contribution in [2.75, 3.05) is 24.8 Å². The molecule has 3 aromatic rings. The number of fused-ring (bicyclic) bond motifs is 1. The highest BCUT2D eigenvalue weighted by molar-refractivity contribution is 6.12. The summed E-state index contributed by atoms with van der Waals surface area (Å²) in [7, 11) is 3.04. The Kier molecular flexibility index (Phi) is 4.85. The predicted octanol–water partition coefficient (Wildman–Crippen LogP) is 1.97. The Bertz CT molecular complexity index is 1010. The van der Waals surface area contributed by atoms with Crippen molar-refractivity contribution in [3.05, 3.63) is 58.9 Å².